The highest BCUT2D eigenvalue weighted by molar-refractivity contribution is 9.10. The zero-order valence-corrected chi connectivity index (χ0v) is 16.7. The molecule has 0 atom stereocenters. The molecule has 6 heteroatoms. The van der Waals surface area contributed by atoms with Crippen molar-refractivity contribution in [3.8, 4) is 5.75 Å². The highest BCUT2D eigenvalue weighted by Crippen LogP contribution is 2.26. The van der Waals surface area contributed by atoms with Gasteiger partial charge in [-0.2, -0.15) is 0 Å². The van der Waals surface area contributed by atoms with E-state index in [1.54, 1.807) is 18.2 Å². The first-order valence-electron chi connectivity index (χ1n) is 8.31. The largest absolute Gasteiger partial charge is 0.489 e. The third kappa shape index (κ3) is 5.76. The van der Waals surface area contributed by atoms with Crippen LogP contribution in [0, 0.1) is 11.6 Å². The van der Waals surface area contributed by atoms with E-state index in [4.69, 9.17) is 16.3 Å². The highest BCUT2D eigenvalue weighted by atomic mass is 79.9. The van der Waals surface area contributed by atoms with Crippen LogP contribution in [0.1, 0.15) is 16.7 Å². The molecule has 0 aliphatic heterocycles. The molecule has 27 heavy (non-hydrogen) atoms. The summed E-state index contributed by atoms with van der Waals surface area (Å²) in [5, 5.41) is 3.66. The van der Waals surface area contributed by atoms with Crippen molar-refractivity contribution < 1.29 is 13.5 Å². The van der Waals surface area contributed by atoms with Gasteiger partial charge in [0.15, 0.2) is 0 Å². The van der Waals surface area contributed by atoms with Crippen LogP contribution < -0.4 is 10.1 Å². The number of hydrogen-bond acceptors (Lipinski definition) is 2. The number of benzene rings is 3. The lowest BCUT2D eigenvalue weighted by Gasteiger charge is -2.14. The van der Waals surface area contributed by atoms with E-state index in [9.17, 15) is 8.78 Å². The van der Waals surface area contributed by atoms with Gasteiger partial charge in [0.2, 0.25) is 0 Å². The first-order valence-corrected chi connectivity index (χ1v) is 9.48. The molecule has 0 spiro atoms. The summed E-state index contributed by atoms with van der Waals surface area (Å²) in [5.74, 6) is 0.0872. The molecular formula is C21H17BrClF2NO. The van der Waals surface area contributed by atoms with Gasteiger partial charge < -0.3 is 10.1 Å². The second-order valence-corrected chi connectivity index (χ2v) is 7.33. The monoisotopic (exact) mass is 451 g/mol. The van der Waals surface area contributed by atoms with Gasteiger partial charge in [-0.1, -0.05) is 45.7 Å². The molecule has 0 heterocycles. The lowest BCUT2D eigenvalue weighted by molar-refractivity contribution is 0.302. The quantitative estimate of drug-likeness (QED) is 0.457. The predicted octanol–water partition coefficient (Wildman–Crippen LogP) is 6.25. The van der Waals surface area contributed by atoms with Gasteiger partial charge in [0.05, 0.1) is 5.02 Å². The summed E-state index contributed by atoms with van der Waals surface area (Å²) in [5.41, 5.74) is 2.67. The van der Waals surface area contributed by atoms with Crippen LogP contribution in [0.3, 0.4) is 0 Å². The Morgan fingerprint density at radius 1 is 0.852 bits per heavy atom. The molecule has 0 radical (unpaired) electrons. The minimum atomic E-state index is -0.377. The van der Waals surface area contributed by atoms with Crippen LogP contribution in [-0.4, -0.2) is 0 Å². The van der Waals surface area contributed by atoms with Crippen molar-refractivity contribution >= 4 is 27.5 Å². The van der Waals surface area contributed by atoms with E-state index in [0.29, 0.717) is 29.4 Å². The Kier molecular flexibility index (Phi) is 6.83. The van der Waals surface area contributed by atoms with E-state index in [2.05, 4.69) is 21.2 Å². The topological polar surface area (TPSA) is 21.3 Å². The molecule has 0 fully saturated rings. The molecule has 2 nitrogen and oxygen atoms in total. The van der Waals surface area contributed by atoms with E-state index in [1.165, 1.54) is 24.3 Å². The third-order valence-electron chi connectivity index (χ3n) is 3.98. The van der Waals surface area contributed by atoms with E-state index in [-0.39, 0.29) is 18.2 Å². The molecule has 0 aliphatic carbocycles. The lowest BCUT2D eigenvalue weighted by Crippen LogP contribution is -2.13. The highest BCUT2D eigenvalue weighted by Gasteiger charge is 2.08. The molecule has 3 aromatic carbocycles. The van der Waals surface area contributed by atoms with Crippen molar-refractivity contribution in [3.05, 3.63) is 98.5 Å². The van der Waals surface area contributed by atoms with Crippen molar-refractivity contribution in [3.63, 3.8) is 0 Å². The van der Waals surface area contributed by atoms with Gasteiger partial charge >= 0.3 is 0 Å². The third-order valence-corrected chi connectivity index (χ3v) is 4.82. The van der Waals surface area contributed by atoms with Crippen LogP contribution in [-0.2, 0) is 19.7 Å². The van der Waals surface area contributed by atoms with Gasteiger partial charge in [-0.3, -0.25) is 0 Å². The van der Waals surface area contributed by atoms with Gasteiger partial charge in [-0.05, 0) is 48.0 Å². The van der Waals surface area contributed by atoms with Crippen molar-refractivity contribution in [1.82, 2.24) is 5.32 Å². The Balaban J connectivity index is 1.64. The van der Waals surface area contributed by atoms with E-state index >= 15 is 0 Å². The standard InChI is InChI=1S/C21H17BrClF2NO/c22-17-4-8-21(27-13-15-3-7-19(25)10-20(15)23)16(9-17)12-26-11-14-1-5-18(24)6-2-14/h1-10,26H,11-13H2. The van der Waals surface area contributed by atoms with E-state index in [0.717, 1.165) is 15.6 Å². The Labute approximate surface area is 170 Å². The second-order valence-electron chi connectivity index (χ2n) is 6.01. The van der Waals surface area contributed by atoms with Crippen LogP contribution in [0.2, 0.25) is 5.02 Å². The summed E-state index contributed by atoms with van der Waals surface area (Å²) >= 11 is 9.53. The molecule has 0 saturated heterocycles. The van der Waals surface area contributed by atoms with Gasteiger partial charge in [-0.15, -0.1) is 0 Å². The Morgan fingerprint density at radius 2 is 1.59 bits per heavy atom. The van der Waals surface area contributed by atoms with Crippen LogP contribution in [0.5, 0.6) is 5.75 Å². The van der Waals surface area contributed by atoms with E-state index < -0.39 is 0 Å². The molecule has 0 amide bonds. The average molecular weight is 453 g/mol. The zero-order valence-electron chi connectivity index (χ0n) is 14.3. The first-order chi connectivity index (χ1) is 13.0. The SMILES string of the molecule is Fc1ccc(CNCc2cc(Br)ccc2OCc2ccc(F)cc2Cl)cc1. The fraction of sp³-hybridized carbons (Fsp3) is 0.143. The molecule has 0 aliphatic rings. The normalized spacial score (nSPS) is 10.8. The number of rotatable bonds is 7. The van der Waals surface area contributed by atoms with Crippen LogP contribution in [0.4, 0.5) is 8.78 Å². The number of hydrogen-bond donors (Lipinski definition) is 1. The van der Waals surface area contributed by atoms with Gasteiger partial charge in [0, 0.05) is 28.7 Å². The molecular weight excluding hydrogens is 436 g/mol. The molecule has 3 aromatic rings. The summed E-state index contributed by atoms with van der Waals surface area (Å²) in [7, 11) is 0. The van der Waals surface area contributed by atoms with Crippen LogP contribution >= 0.6 is 27.5 Å². The average Bonchev–Trinajstić information content (AvgIpc) is 2.64. The van der Waals surface area contributed by atoms with Crippen molar-refractivity contribution in [2.24, 2.45) is 0 Å². The van der Waals surface area contributed by atoms with Crippen LogP contribution in [0.15, 0.2) is 65.1 Å². The number of nitrogens with one attached hydrogen (secondary N) is 1. The second kappa shape index (κ2) is 9.31. The van der Waals surface area contributed by atoms with Crippen molar-refractivity contribution in [1.29, 1.82) is 0 Å². The smallest absolute Gasteiger partial charge is 0.124 e. The molecule has 140 valence electrons. The van der Waals surface area contributed by atoms with E-state index in [1.807, 2.05) is 18.2 Å². The first kappa shape index (κ1) is 19.8. The fourth-order valence-corrected chi connectivity index (χ4v) is 3.20. The molecule has 1 N–H and O–H groups in total. The van der Waals surface area contributed by atoms with Crippen molar-refractivity contribution in [2.75, 3.05) is 0 Å². The lowest BCUT2D eigenvalue weighted by atomic mass is 10.1. The molecule has 0 bridgehead atoms. The van der Waals surface area contributed by atoms with Gasteiger partial charge in [-0.25, -0.2) is 8.78 Å². The Bertz CT molecular complexity index is 919. The summed E-state index contributed by atoms with van der Waals surface area (Å²) in [6.07, 6.45) is 0. The zero-order chi connectivity index (χ0) is 19.2. The van der Waals surface area contributed by atoms with Gasteiger partial charge in [0.1, 0.15) is 24.0 Å². The predicted molar refractivity (Wildman–Crippen MR) is 107 cm³/mol. The summed E-state index contributed by atoms with van der Waals surface area (Å²) in [6.45, 7) is 1.42. The maximum absolute atomic E-state index is 13.2. The fourth-order valence-electron chi connectivity index (χ4n) is 2.56. The Morgan fingerprint density at radius 3 is 2.33 bits per heavy atom. The minimum absolute atomic E-state index is 0.242. The minimum Gasteiger partial charge on any atom is -0.489 e. The number of halogens is 4. The maximum atomic E-state index is 13.2. The van der Waals surface area contributed by atoms with Gasteiger partial charge in [0.25, 0.3) is 0 Å². The molecule has 0 unspecified atom stereocenters. The Hall–Kier alpha value is -1.95. The molecule has 0 saturated carbocycles. The van der Waals surface area contributed by atoms with Crippen LogP contribution in [0.25, 0.3) is 0 Å². The summed E-state index contributed by atoms with van der Waals surface area (Å²) < 4.78 is 33.0. The van der Waals surface area contributed by atoms with Crippen molar-refractivity contribution in [2.45, 2.75) is 19.7 Å². The molecule has 0 aromatic heterocycles. The summed E-state index contributed by atoms with van der Waals surface area (Å²) in [6, 6.07) is 16.4. The summed E-state index contributed by atoms with van der Waals surface area (Å²) in [4.78, 5) is 0. The maximum Gasteiger partial charge on any atom is 0.124 e. The molecule has 3 rings (SSSR count). The number of ether oxygens (including phenoxy) is 1.